The van der Waals surface area contributed by atoms with E-state index in [1.54, 1.807) is 0 Å². The number of pyridine rings is 1. The number of hydrogen-bond acceptors (Lipinski definition) is 3. The highest BCUT2D eigenvalue weighted by Crippen LogP contribution is 2.46. The smallest absolute Gasteiger partial charge is 0.137 e. The van der Waals surface area contributed by atoms with Crippen LogP contribution in [0.2, 0.25) is 0 Å². The van der Waals surface area contributed by atoms with Crippen LogP contribution in [0, 0.1) is 13.8 Å². The molecular weight excluding hydrogens is 791 g/mol. The quantitative estimate of drug-likeness (QED) is 0.145. The van der Waals surface area contributed by atoms with Gasteiger partial charge in [-0.25, -0.2) is 9.67 Å². The number of anilines is 3. The molecule has 0 atom stereocenters. The topological polar surface area (TPSA) is 38.9 Å². The molecule has 6 aromatic carbocycles. The summed E-state index contributed by atoms with van der Waals surface area (Å²) in [5, 5.41) is 7.71. The van der Waals surface area contributed by atoms with Gasteiger partial charge in [-0.2, -0.15) is 5.10 Å². The standard InChI is InChI=1S/C60H63N5/c1-40-56(60(11,12)43-25-18-14-19-26-43)41(2)65(62-40)48-30-22-29-47(37-48)63(46-27-20-15-21-28-46)49-38-51(58(6,7)8)55-50-35-45(59(9,10)42-23-16-13-17-24-42)31-32-52(50)64(53(55)39-49)54-36-44(33-34-61-54)57(3,4)5/h13-39H,1-12H3. The first-order valence-corrected chi connectivity index (χ1v) is 23.1. The van der Waals surface area contributed by atoms with Crippen molar-refractivity contribution in [2.45, 2.75) is 105 Å². The van der Waals surface area contributed by atoms with Crippen LogP contribution in [-0.4, -0.2) is 19.3 Å². The van der Waals surface area contributed by atoms with Crippen LogP contribution >= 0.6 is 0 Å². The van der Waals surface area contributed by atoms with Crippen LogP contribution < -0.4 is 4.90 Å². The van der Waals surface area contributed by atoms with Crippen molar-refractivity contribution in [3.8, 4) is 11.5 Å². The molecule has 65 heavy (non-hydrogen) atoms. The summed E-state index contributed by atoms with van der Waals surface area (Å²) in [5.74, 6) is 0.913. The van der Waals surface area contributed by atoms with Crippen molar-refractivity contribution in [3.05, 3.63) is 209 Å². The molecule has 3 heterocycles. The summed E-state index contributed by atoms with van der Waals surface area (Å²) in [6, 6.07) is 57.6. The third kappa shape index (κ3) is 7.75. The molecule has 0 unspecified atom stereocenters. The van der Waals surface area contributed by atoms with Crippen molar-refractivity contribution in [3.63, 3.8) is 0 Å². The van der Waals surface area contributed by atoms with Crippen molar-refractivity contribution in [2.24, 2.45) is 0 Å². The minimum atomic E-state index is -0.224. The van der Waals surface area contributed by atoms with Crippen molar-refractivity contribution in [1.29, 1.82) is 0 Å². The van der Waals surface area contributed by atoms with Gasteiger partial charge in [0, 0.05) is 56.1 Å². The van der Waals surface area contributed by atoms with Gasteiger partial charge in [0.25, 0.3) is 0 Å². The summed E-state index contributed by atoms with van der Waals surface area (Å²) < 4.78 is 4.54. The molecule has 0 aliphatic carbocycles. The van der Waals surface area contributed by atoms with Gasteiger partial charge in [0.1, 0.15) is 5.82 Å². The lowest BCUT2D eigenvalue weighted by Gasteiger charge is -2.29. The van der Waals surface area contributed by atoms with E-state index >= 15 is 0 Å². The molecule has 0 aliphatic rings. The lowest BCUT2D eigenvalue weighted by atomic mass is 9.77. The van der Waals surface area contributed by atoms with E-state index in [0.29, 0.717) is 0 Å². The first kappa shape index (κ1) is 43.5. The maximum absolute atomic E-state index is 5.23. The van der Waals surface area contributed by atoms with Gasteiger partial charge in [-0.05, 0) is 119 Å². The normalized spacial score (nSPS) is 12.6. The summed E-state index contributed by atoms with van der Waals surface area (Å²) in [5.41, 5.74) is 15.6. The molecule has 0 N–H and O–H groups in total. The maximum atomic E-state index is 5.23. The zero-order valence-corrected chi connectivity index (χ0v) is 40.3. The first-order chi connectivity index (χ1) is 30.9. The van der Waals surface area contributed by atoms with E-state index in [9.17, 15) is 0 Å². The summed E-state index contributed by atoms with van der Waals surface area (Å²) in [6.07, 6.45) is 1.97. The monoisotopic (exact) mass is 854 g/mol. The zero-order valence-electron chi connectivity index (χ0n) is 40.3. The molecule has 9 rings (SSSR count). The van der Waals surface area contributed by atoms with E-state index in [0.717, 1.165) is 51.0 Å². The minimum absolute atomic E-state index is 0.0519. The van der Waals surface area contributed by atoms with Gasteiger partial charge in [-0.15, -0.1) is 0 Å². The first-order valence-electron chi connectivity index (χ1n) is 23.1. The average Bonchev–Trinajstić information content (AvgIpc) is 3.79. The highest BCUT2D eigenvalue weighted by molar-refractivity contribution is 6.13. The van der Waals surface area contributed by atoms with Gasteiger partial charge in [0.05, 0.1) is 22.4 Å². The predicted molar refractivity (Wildman–Crippen MR) is 274 cm³/mol. The third-order valence-electron chi connectivity index (χ3n) is 13.7. The Morgan fingerprint density at radius 1 is 0.477 bits per heavy atom. The van der Waals surface area contributed by atoms with Crippen molar-refractivity contribution in [2.75, 3.05) is 4.90 Å². The summed E-state index contributed by atoms with van der Waals surface area (Å²) in [6.45, 7) is 27.5. The van der Waals surface area contributed by atoms with Crippen LogP contribution in [0.15, 0.2) is 164 Å². The second kappa shape index (κ2) is 16.1. The van der Waals surface area contributed by atoms with E-state index < -0.39 is 0 Å². The molecule has 0 amide bonds. The highest BCUT2D eigenvalue weighted by Gasteiger charge is 2.32. The number of rotatable bonds is 9. The zero-order chi connectivity index (χ0) is 46.1. The molecule has 5 heteroatoms. The van der Waals surface area contributed by atoms with E-state index in [-0.39, 0.29) is 21.7 Å². The molecule has 9 aromatic rings. The Labute approximate surface area is 386 Å². The van der Waals surface area contributed by atoms with Gasteiger partial charge in [-0.3, -0.25) is 4.57 Å². The molecule has 5 nitrogen and oxygen atoms in total. The van der Waals surface area contributed by atoms with E-state index in [1.807, 2.05) is 6.20 Å². The lowest BCUT2D eigenvalue weighted by molar-refractivity contribution is 0.588. The van der Waals surface area contributed by atoms with Crippen LogP contribution in [0.5, 0.6) is 0 Å². The number of hydrogen-bond donors (Lipinski definition) is 0. The number of para-hydroxylation sites is 1. The van der Waals surface area contributed by atoms with Crippen LogP contribution in [0.4, 0.5) is 17.1 Å². The molecule has 0 saturated heterocycles. The second-order valence-electron chi connectivity index (χ2n) is 21.0. The van der Waals surface area contributed by atoms with Crippen LogP contribution in [-0.2, 0) is 21.7 Å². The molecule has 0 aliphatic heterocycles. The maximum Gasteiger partial charge on any atom is 0.137 e. The summed E-state index contributed by atoms with van der Waals surface area (Å²) in [7, 11) is 0. The Balaban J connectivity index is 1.30. The largest absolute Gasteiger partial charge is 0.310 e. The summed E-state index contributed by atoms with van der Waals surface area (Å²) in [4.78, 5) is 7.54. The number of aromatic nitrogens is 4. The minimum Gasteiger partial charge on any atom is -0.310 e. The molecular formula is C60H63N5. The molecule has 0 fully saturated rings. The third-order valence-corrected chi connectivity index (χ3v) is 13.7. The number of nitrogens with zero attached hydrogens (tertiary/aromatic N) is 5. The SMILES string of the molecule is Cc1nn(-c2cccc(N(c3ccccc3)c3cc(C(C)(C)C)c4c5cc(C(C)(C)c6ccccc6)ccc5n(-c5cc(C(C)(C)C)ccn5)c4c3)c2)c(C)c1C(C)(C)c1ccccc1. The fourth-order valence-corrected chi connectivity index (χ4v) is 10.1. The van der Waals surface area contributed by atoms with E-state index in [1.165, 1.54) is 44.2 Å². The Bertz CT molecular complexity index is 3170. The molecule has 328 valence electrons. The summed E-state index contributed by atoms with van der Waals surface area (Å²) >= 11 is 0. The lowest BCUT2D eigenvalue weighted by Crippen LogP contribution is -2.21. The molecule has 0 saturated carbocycles. The second-order valence-corrected chi connectivity index (χ2v) is 21.0. The molecule has 0 spiro atoms. The molecule has 3 aromatic heterocycles. The highest BCUT2D eigenvalue weighted by atomic mass is 15.3. The Morgan fingerprint density at radius 2 is 1.09 bits per heavy atom. The fraction of sp³-hybridized carbons (Fsp3) is 0.267. The number of benzene rings is 6. The average molecular weight is 854 g/mol. The van der Waals surface area contributed by atoms with Crippen LogP contribution in [0.25, 0.3) is 33.3 Å². The van der Waals surface area contributed by atoms with E-state index in [2.05, 4.69) is 255 Å². The van der Waals surface area contributed by atoms with Gasteiger partial charge in [-0.1, -0.05) is 160 Å². The molecule has 0 bridgehead atoms. The van der Waals surface area contributed by atoms with Crippen LogP contribution in [0.1, 0.15) is 114 Å². The van der Waals surface area contributed by atoms with Gasteiger partial charge in [0.2, 0.25) is 0 Å². The fourth-order valence-electron chi connectivity index (χ4n) is 10.1. The van der Waals surface area contributed by atoms with Gasteiger partial charge in [0.15, 0.2) is 0 Å². The number of aryl methyl sites for hydroxylation is 1. The van der Waals surface area contributed by atoms with E-state index in [4.69, 9.17) is 10.1 Å². The van der Waals surface area contributed by atoms with Crippen molar-refractivity contribution >= 4 is 38.9 Å². The van der Waals surface area contributed by atoms with Crippen molar-refractivity contribution in [1.82, 2.24) is 19.3 Å². The van der Waals surface area contributed by atoms with Gasteiger partial charge < -0.3 is 4.90 Å². The van der Waals surface area contributed by atoms with Gasteiger partial charge >= 0.3 is 0 Å². The Morgan fingerprint density at radius 3 is 1.72 bits per heavy atom. The Kier molecular flexibility index (Phi) is 10.8. The Hall–Kier alpha value is -6.72. The molecule has 0 radical (unpaired) electrons. The van der Waals surface area contributed by atoms with Crippen LogP contribution in [0.3, 0.4) is 0 Å². The number of fused-ring (bicyclic) bond motifs is 3. The predicted octanol–water partition coefficient (Wildman–Crippen LogP) is 15.7. The van der Waals surface area contributed by atoms with Crippen molar-refractivity contribution < 1.29 is 0 Å².